The van der Waals surface area contributed by atoms with Crippen LogP contribution in [-0.4, -0.2) is 26.5 Å². The van der Waals surface area contributed by atoms with E-state index in [2.05, 4.69) is 25.3 Å². The Labute approximate surface area is 100 Å². The van der Waals surface area contributed by atoms with Gasteiger partial charge in [0.25, 0.3) is 0 Å². The third kappa shape index (κ3) is 2.75. The second-order valence-electron chi connectivity index (χ2n) is 3.74. The van der Waals surface area contributed by atoms with Crippen molar-refractivity contribution >= 4 is 5.82 Å². The summed E-state index contributed by atoms with van der Waals surface area (Å²) in [6.07, 6.45) is 1.72. The van der Waals surface area contributed by atoms with Gasteiger partial charge in [-0.15, -0.1) is 0 Å². The lowest BCUT2D eigenvalue weighted by Crippen LogP contribution is -2.03. The zero-order chi connectivity index (χ0) is 12.3. The molecule has 0 saturated heterocycles. The Bertz CT molecular complexity index is 524. The van der Waals surface area contributed by atoms with Crippen LogP contribution in [0.15, 0.2) is 18.3 Å². The lowest BCUT2D eigenvalue weighted by molar-refractivity contribution is 1.02. The van der Waals surface area contributed by atoms with E-state index in [9.17, 15) is 0 Å². The molecule has 0 fully saturated rings. The number of hydrogen-bond donors (Lipinski definition) is 1. The average Bonchev–Trinajstić information content (AvgIpc) is 2.28. The van der Waals surface area contributed by atoms with Crippen LogP contribution in [-0.2, 0) is 0 Å². The van der Waals surface area contributed by atoms with E-state index < -0.39 is 0 Å². The van der Waals surface area contributed by atoms with Gasteiger partial charge in [-0.1, -0.05) is 0 Å². The van der Waals surface area contributed by atoms with Crippen molar-refractivity contribution in [3.63, 3.8) is 0 Å². The van der Waals surface area contributed by atoms with E-state index in [4.69, 9.17) is 0 Å². The van der Waals surface area contributed by atoms with Gasteiger partial charge in [0, 0.05) is 24.5 Å². The van der Waals surface area contributed by atoms with Crippen molar-refractivity contribution in [2.75, 3.05) is 11.9 Å². The Morgan fingerprint density at radius 2 is 2.00 bits per heavy atom. The molecule has 5 heteroatoms. The fourth-order valence-corrected chi connectivity index (χ4v) is 1.54. The Kier molecular flexibility index (Phi) is 3.27. The maximum atomic E-state index is 4.42. The quantitative estimate of drug-likeness (QED) is 0.871. The van der Waals surface area contributed by atoms with E-state index in [1.54, 1.807) is 6.20 Å². The van der Waals surface area contributed by atoms with E-state index in [1.807, 2.05) is 32.9 Å². The molecule has 2 rings (SSSR count). The summed E-state index contributed by atoms with van der Waals surface area (Å²) in [5.74, 6) is 2.18. The molecule has 2 aromatic heterocycles. The summed E-state index contributed by atoms with van der Waals surface area (Å²) in [6.45, 7) is 6.66. The Morgan fingerprint density at radius 1 is 1.18 bits per heavy atom. The van der Waals surface area contributed by atoms with Gasteiger partial charge in [0.05, 0.1) is 0 Å². The van der Waals surface area contributed by atoms with Gasteiger partial charge in [0.2, 0.25) is 0 Å². The zero-order valence-electron chi connectivity index (χ0n) is 10.2. The summed E-state index contributed by atoms with van der Waals surface area (Å²) in [6, 6.07) is 3.73. The van der Waals surface area contributed by atoms with Crippen LogP contribution >= 0.6 is 0 Å². The molecule has 0 amide bonds. The molecule has 0 aliphatic carbocycles. The molecule has 0 aliphatic rings. The van der Waals surface area contributed by atoms with Gasteiger partial charge in [0.1, 0.15) is 17.3 Å². The summed E-state index contributed by atoms with van der Waals surface area (Å²) in [7, 11) is 0. The van der Waals surface area contributed by atoms with Crippen LogP contribution in [0.5, 0.6) is 0 Å². The first kappa shape index (κ1) is 11.4. The third-order valence-corrected chi connectivity index (χ3v) is 2.22. The highest BCUT2D eigenvalue weighted by Gasteiger charge is 2.06. The van der Waals surface area contributed by atoms with Crippen molar-refractivity contribution in [1.29, 1.82) is 0 Å². The molecule has 5 nitrogen and oxygen atoms in total. The van der Waals surface area contributed by atoms with Crippen molar-refractivity contribution in [3.8, 4) is 11.5 Å². The number of rotatable bonds is 3. The molecule has 2 aromatic rings. The minimum Gasteiger partial charge on any atom is -0.370 e. The summed E-state index contributed by atoms with van der Waals surface area (Å²) in [4.78, 5) is 17.2. The monoisotopic (exact) mass is 229 g/mol. The van der Waals surface area contributed by atoms with Crippen molar-refractivity contribution < 1.29 is 0 Å². The molecule has 0 aliphatic heterocycles. The van der Waals surface area contributed by atoms with Gasteiger partial charge >= 0.3 is 0 Å². The van der Waals surface area contributed by atoms with Gasteiger partial charge in [-0.3, -0.25) is 0 Å². The number of hydrogen-bond acceptors (Lipinski definition) is 5. The molecule has 17 heavy (non-hydrogen) atoms. The Morgan fingerprint density at radius 3 is 2.71 bits per heavy atom. The predicted octanol–water partition coefficient (Wildman–Crippen LogP) is 1.98. The van der Waals surface area contributed by atoms with Crippen LogP contribution in [0.25, 0.3) is 11.5 Å². The molecular weight excluding hydrogens is 214 g/mol. The fraction of sp³-hybridized carbons (Fsp3) is 0.333. The van der Waals surface area contributed by atoms with E-state index in [0.717, 1.165) is 29.6 Å². The lowest BCUT2D eigenvalue weighted by Gasteiger charge is -2.06. The van der Waals surface area contributed by atoms with Crippen molar-refractivity contribution in [3.05, 3.63) is 29.8 Å². The van der Waals surface area contributed by atoms with Crippen molar-refractivity contribution in [1.82, 2.24) is 19.9 Å². The molecule has 0 radical (unpaired) electrons. The minimum atomic E-state index is 0.631. The highest BCUT2D eigenvalue weighted by Crippen LogP contribution is 2.15. The largest absolute Gasteiger partial charge is 0.370 e. The highest BCUT2D eigenvalue weighted by atomic mass is 15.0. The van der Waals surface area contributed by atoms with Gasteiger partial charge in [-0.25, -0.2) is 19.9 Å². The Balaban J connectivity index is 2.44. The smallest absolute Gasteiger partial charge is 0.180 e. The number of aryl methyl sites for hydroxylation is 2. The Hall–Kier alpha value is -2.04. The van der Waals surface area contributed by atoms with E-state index in [-0.39, 0.29) is 0 Å². The molecule has 0 saturated carbocycles. The molecule has 0 spiro atoms. The molecule has 2 heterocycles. The maximum absolute atomic E-state index is 4.42. The molecule has 0 unspecified atom stereocenters. The first-order valence-corrected chi connectivity index (χ1v) is 5.58. The fourth-order valence-electron chi connectivity index (χ4n) is 1.54. The van der Waals surface area contributed by atoms with E-state index >= 15 is 0 Å². The standard InChI is InChI=1S/C12H15N5/c1-4-13-11-7-8(2)15-12(17-11)10-5-6-14-9(3)16-10/h5-7H,4H2,1-3H3,(H,13,15,17). The molecule has 0 aromatic carbocycles. The van der Waals surface area contributed by atoms with Gasteiger partial charge in [-0.2, -0.15) is 0 Å². The van der Waals surface area contributed by atoms with Crippen LogP contribution in [0.4, 0.5) is 5.82 Å². The van der Waals surface area contributed by atoms with Crippen LogP contribution in [0.1, 0.15) is 18.4 Å². The molecule has 88 valence electrons. The molecule has 1 N–H and O–H groups in total. The third-order valence-electron chi connectivity index (χ3n) is 2.22. The van der Waals surface area contributed by atoms with Gasteiger partial charge < -0.3 is 5.32 Å². The summed E-state index contributed by atoms with van der Waals surface area (Å²) < 4.78 is 0. The van der Waals surface area contributed by atoms with Crippen LogP contribution in [0, 0.1) is 13.8 Å². The van der Waals surface area contributed by atoms with Crippen LogP contribution < -0.4 is 5.32 Å². The lowest BCUT2D eigenvalue weighted by atomic mass is 10.3. The number of anilines is 1. The molecule has 0 bridgehead atoms. The number of nitrogens with zero attached hydrogens (tertiary/aromatic N) is 4. The van der Waals surface area contributed by atoms with Crippen molar-refractivity contribution in [2.45, 2.75) is 20.8 Å². The van der Waals surface area contributed by atoms with Crippen LogP contribution in [0.3, 0.4) is 0 Å². The number of aromatic nitrogens is 4. The summed E-state index contributed by atoms with van der Waals surface area (Å²) in [5, 5.41) is 3.18. The molecular formula is C12H15N5. The zero-order valence-corrected chi connectivity index (χ0v) is 10.2. The first-order valence-electron chi connectivity index (χ1n) is 5.58. The van der Waals surface area contributed by atoms with E-state index in [1.165, 1.54) is 0 Å². The SMILES string of the molecule is CCNc1cc(C)nc(-c2ccnc(C)n2)n1. The highest BCUT2D eigenvalue weighted by molar-refractivity contribution is 5.52. The first-order chi connectivity index (χ1) is 8.19. The maximum Gasteiger partial charge on any atom is 0.180 e. The minimum absolute atomic E-state index is 0.631. The molecule has 0 atom stereocenters. The van der Waals surface area contributed by atoms with Gasteiger partial charge in [-0.05, 0) is 26.8 Å². The number of nitrogens with one attached hydrogen (secondary N) is 1. The van der Waals surface area contributed by atoms with Gasteiger partial charge in [0.15, 0.2) is 5.82 Å². The average molecular weight is 229 g/mol. The predicted molar refractivity (Wildman–Crippen MR) is 66.7 cm³/mol. The van der Waals surface area contributed by atoms with Crippen LogP contribution in [0.2, 0.25) is 0 Å². The second-order valence-corrected chi connectivity index (χ2v) is 3.74. The normalized spacial score (nSPS) is 10.3. The summed E-state index contributed by atoms with van der Waals surface area (Å²) in [5.41, 5.74) is 1.67. The summed E-state index contributed by atoms with van der Waals surface area (Å²) >= 11 is 0. The second kappa shape index (κ2) is 4.86. The van der Waals surface area contributed by atoms with Crippen molar-refractivity contribution in [2.24, 2.45) is 0 Å². The van der Waals surface area contributed by atoms with E-state index in [0.29, 0.717) is 5.82 Å². The topological polar surface area (TPSA) is 63.6 Å².